The van der Waals surface area contributed by atoms with E-state index in [4.69, 9.17) is 14.2 Å². The number of pyridine rings is 2. The molecule has 3 aromatic rings. The van der Waals surface area contributed by atoms with Crippen LogP contribution in [0, 0.1) is 13.8 Å². The molecular formula is C24H26N2O4. The highest BCUT2D eigenvalue weighted by Gasteiger charge is 2.15. The van der Waals surface area contributed by atoms with Gasteiger partial charge in [0.2, 0.25) is 0 Å². The molecule has 3 heterocycles. The molecule has 0 bridgehead atoms. The summed E-state index contributed by atoms with van der Waals surface area (Å²) in [5.41, 5.74) is 5.01. The summed E-state index contributed by atoms with van der Waals surface area (Å²) >= 11 is 0. The molecule has 6 heteroatoms. The lowest BCUT2D eigenvalue weighted by molar-refractivity contribution is -0.101. The van der Waals surface area contributed by atoms with E-state index in [1.807, 2.05) is 44.3 Å². The minimum Gasteiger partial charge on any atom is -0.491 e. The molecular weight excluding hydrogens is 380 g/mol. The Morgan fingerprint density at radius 2 is 1.87 bits per heavy atom. The molecule has 0 radical (unpaired) electrons. The summed E-state index contributed by atoms with van der Waals surface area (Å²) < 4.78 is 18.5. The van der Waals surface area contributed by atoms with Crippen molar-refractivity contribution in [2.75, 3.05) is 26.4 Å². The molecule has 1 aliphatic rings. The Morgan fingerprint density at radius 3 is 2.53 bits per heavy atom. The third-order valence-electron chi connectivity index (χ3n) is 5.17. The Labute approximate surface area is 176 Å². The van der Waals surface area contributed by atoms with Gasteiger partial charge in [0.1, 0.15) is 18.5 Å². The summed E-state index contributed by atoms with van der Waals surface area (Å²) in [5, 5.41) is 0. The summed E-state index contributed by atoms with van der Waals surface area (Å²) in [4.78, 5) is 17.0. The lowest BCUT2D eigenvalue weighted by Crippen LogP contribution is -2.33. The van der Waals surface area contributed by atoms with Gasteiger partial charge in [-0.2, -0.15) is 0 Å². The lowest BCUT2D eigenvalue weighted by Gasteiger charge is -2.23. The molecule has 1 fully saturated rings. The number of rotatable bonds is 6. The topological polar surface area (TPSA) is 62.6 Å². The van der Waals surface area contributed by atoms with E-state index in [9.17, 15) is 4.79 Å². The van der Waals surface area contributed by atoms with E-state index < -0.39 is 0 Å². The van der Waals surface area contributed by atoms with E-state index in [2.05, 4.69) is 23.2 Å². The Bertz CT molecular complexity index is 1040. The van der Waals surface area contributed by atoms with E-state index >= 15 is 0 Å². The molecule has 4 rings (SSSR count). The van der Waals surface area contributed by atoms with Crippen LogP contribution in [-0.4, -0.2) is 42.1 Å². The van der Waals surface area contributed by atoms with Gasteiger partial charge in [0, 0.05) is 29.2 Å². The van der Waals surface area contributed by atoms with Gasteiger partial charge in [0.05, 0.1) is 26.4 Å². The Kier molecular flexibility index (Phi) is 6.26. The number of hydrogen-bond donors (Lipinski definition) is 0. The molecule has 0 amide bonds. The molecule has 0 aliphatic carbocycles. The SMILES string of the molecule is Cc1ccc(-c2ccc(Cn3c(C)cc(OCC4COCCO4)cc3=O)cc2)cn1. The maximum absolute atomic E-state index is 12.7. The number of hydrogen-bond acceptors (Lipinski definition) is 5. The van der Waals surface area contributed by atoms with Crippen molar-refractivity contribution in [3.05, 3.63) is 82.0 Å². The fourth-order valence-electron chi connectivity index (χ4n) is 3.43. The smallest absolute Gasteiger partial charge is 0.254 e. The standard InChI is InChI=1S/C24H26N2O4/c1-17-3-6-21(13-25-17)20-7-4-19(5-8-20)14-26-18(2)11-22(12-24(26)27)30-16-23-15-28-9-10-29-23/h3-8,11-13,23H,9-10,14-16H2,1-2H3. The van der Waals surface area contributed by atoms with Gasteiger partial charge in [-0.1, -0.05) is 30.3 Å². The van der Waals surface area contributed by atoms with Gasteiger partial charge >= 0.3 is 0 Å². The quantitative estimate of drug-likeness (QED) is 0.628. The van der Waals surface area contributed by atoms with E-state index in [0.717, 1.165) is 28.1 Å². The molecule has 0 saturated carbocycles. The monoisotopic (exact) mass is 406 g/mol. The minimum atomic E-state index is -0.0938. The molecule has 2 aromatic heterocycles. The van der Waals surface area contributed by atoms with Crippen molar-refractivity contribution in [3.63, 3.8) is 0 Å². The van der Waals surface area contributed by atoms with Gasteiger partial charge in [-0.25, -0.2) is 0 Å². The van der Waals surface area contributed by atoms with Crippen LogP contribution in [0.15, 0.2) is 59.5 Å². The van der Waals surface area contributed by atoms with Crippen LogP contribution in [0.3, 0.4) is 0 Å². The summed E-state index contributed by atoms with van der Waals surface area (Å²) in [6.07, 6.45) is 1.78. The van der Waals surface area contributed by atoms with Crippen molar-refractivity contribution in [2.45, 2.75) is 26.5 Å². The zero-order valence-electron chi connectivity index (χ0n) is 17.3. The number of ether oxygens (including phenoxy) is 3. The van der Waals surface area contributed by atoms with Crippen LogP contribution >= 0.6 is 0 Å². The molecule has 1 atom stereocenters. The molecule has 0 spiro atoms. The largest absolute Gasteiger partial charge is 0.491 e. The van der Waals surface area contributed by atoms with Crippen LogP contribution in [0.1, 0.15) is 17.0 Å². The van der Waals surface area contributed by atoms with Gasteiger partial charge in [-0.3, -0.25) is 9.78 Å². The maximum atomic E-state index is 12.7. The second-order valence-corrected chi connectivity index (χ2v) is 7.52. The zero-order chi connectivity index (χ0) is 20.9. The maximum Gasteiger partial charge on any atom is 0.254 e. The Balaban J connectivity index is 1.43. The van der Waals surface area contributed by atoms with E-state index in [-0.39, 0.29) is 11.7 Å². The van der Waals surface area contributed by atoms with Crippen molar-refractivity contribution >= 4 is 0 Å². The first-order valence-electron chi connectivity index (χ1n) is 10.1. The van der Waals surface area contributed by atoms with Crippen molar-refractivity contribution in [1.82, 2.24) is 9.55 Å². The first-order chi connectivity index (χ1) is 14.6. The van der Waals surface area contributed by atoms with E-state index in [1.54, 1.807) is 4.57 Å². The predicted molar refractivity (Wildman–Crippen MR) is 115 cm³/mol. The summed E-state index contributed by atoms with van der Waals surface area (Å²) in [6.45, 7) is 6.49. The summed E-state index contributed by atoms with van der Waals surface area (Å²) in [5.74, 6) is 0.560. The number of aryl methyl sites for hydroxylation is 2. The van der Waals surface area contributed by atoms with Crippen molar-refractivity contribution in [3.8, 4) is 16.9 Å². The molecule has 1 aromatic carbocycles. The second-order valence-electron chi connectivity index (χ2n) is 7.52. The average molecular weight is 406 g/mol. The molecule has 0 N–H and O–H groups in total. The van der Waals surface area contributed by atoms with Gasteiger partial charge in [-0.05, 0) is 37.1 Å². The Morgan fingerprint density at radius 1 is 1.07 bits per heavy atom. The van der Waals surface area contributed by atoms with Crippen LogP contribution < -0.4 is 10.3 Å². The Hall–Kier alpha value is -2.96. The highest BCUT2D eigenvalue weighted by molar-refractivity contribution is 5.62. The number of benzene rings is 1. The molecule has 1 unspecified atom stereocenters. The first kappa shape index (κ1) is 20.3. The lowest BCUT2D eigenvalue weighted by atomic mass is 10.1. The van der Waals surface area contributed by atoms with Crippen molar-refractivity contribution in [1.29, 1.82) is 0 Å². The van der Waals surface area contributed by atoms with Gasteiger partial charge in [0.25, 0.3) is 5.56 Å². The zero-order valence-corrected chi connectivity index (χ0v) is 17.3. The predicted octanol–water partition coefficient (Wildman–Crippen LogP) is 3.37. The summed E-state index contributed by atoms with van der Waals surface area (Å²) in [6, 6.07) is 15.7. The first-order valence-corrected chi connectivity index (χ1v) is 10.1. The van der Waals surface area contributed by atoms with Crippen molar-refractivity contribution < 1.29 is 14.2 Å². The third kappa shape index (κ3) is 4.96. The minimum absolute atomic E-state index is 0.0855. The van der Waals surface area contributed by atoms with Crippen LogP contribution in [0.4, 0.5) is 0 Å². The molecule has 30 heavy (non-hydrogen) atoms. The third-order valence-corrected chi connectivity index (χ3v) is 5.17. The fraction of sp³-hybridized carbons (Fsp3) is 0.333. The van der Waals surface area contributed by atoms with Crippen LogP contribution in [0.2, 0.25) is 0 Å². The normalized spacial score (nSPS) is 16.4. The van der Waals surface area contributed by atoms with Gasteiger partial charge < -0.3 is 18.8 Å². The van der Waals surface area contributed by atoms with E-state index in [0.29, 0.717) is 38.7 Å². The molecule has 156 valence electrons. The van der Waals surface area contributed by atoms with Crippen molar-refractivity contribution in [2.24, 2.45) is 0 Å². The fourth-order valence-corrected chi connectivity index (χ4v) is 3.43. The number of nitrogens with zero attached hydrogens (tertiary/aromatic N) is 2. The van der Waals surface area contributed by atoms with Crippen LogP contribution in [0.5, 0.6) is 5.75 Å². The molecule has 6 nitrogen and oxygen atoms in total. The van der Waals surface area contributed by atoms with Gasteiger partial charge in [-0.15, -0.1) is 0 Å². The highest BCUT2D eigenvalue weighted by atomic mass is 16.6. The highest BCUT2D eigenvalue weighted by Crippen LogP contribution is 2.20. The second kappa shape index (κ2) is 9.24. The molecule has 1 saturated heterocycles. The average Bonchev–Trinajstić information content (AvgIpc) is 2.77. The molecule has 1 aliphatic heterocycles. The number of aromatic nitrogens is 2. The summed E-state index contributed by atoms with van der Waals surface area (Å²) in [7, 11) is 0. The van der Waals surface area contributed by atoms with E-state index in [1.165, 1.54) is 6.07 Å². The van der Waals surface area contributed by atoms with Crippen LogP contribution in [0.25, 0.3) is 11.1 Å². The van der Waals surface area contributed by atoms with Gasteiger partial charge in [0.15, 0.2) is 0 Å². The van der Waals surface area contributed by atoms with Crippen LogP contribution in [-0.2, 0) is 16.0 Å².